The molecule has 0 spiro atoms. The second kappa shape index (κ2) is 12.5. The predicted octanol–water partition coefficient (Wildman–Crippen LogP) is 2.35. The van der Waals surface area contributed by atoms with Crippen molar-refractivity contribution in [3.05, 3.63) is 96.1 Å². The number of hydrogen-bond acceptors (Lipinski definition) is 7. The van der Waals surface area contributed by atoms with E-state index < -0.39 is 40.6 Å². The molecule has 0 aliphatic carbocycles. The highest BCUT2D eigenvalue weighted by Crippen LogP contribution is 2.13. The number of ether oxygens (including phenoxy) is 2. The van der Waals surface area contributed by atoms with Crippen molar-refractivity contribution >= 4 is 33.7 Å². The van der Waals surface area contributed by atoms with Crippen LogP contribution in [0, 0.1) is 0 Å². The molecule has 0 heterocycles. The first-order chi connectivity index (χ1) is 17.2. The van der Waals surface area contributed by atoms with Gasteiger partial charge in [0.1, 0.15) is 12.6 Å². The fourth-order valence-corrected chi connectivity index (χ4v) is 3.63. The Morgan fingerprint density at radius 2 is 1.39 bits per heavy atom. The molecular weight excluding hydrogens is 486 g/mol. The van der Waals surface area contributed by atoms with Gasteiger partial charge >= 0.3 is 12.1 Å². The Morgan fingerprint density at radius 3 is 1.97 bits per heavy atom. The van der Waals surface area contributed by atoms with E-state index in [1.165, 1.54) is 24.3 Å². The number of rotatable bonds is 10. The summed E-state index contributed by atoms with van der Waals surface area (Å²) in [5.74, 6) is -1.48. The van der Waals surface area contributed by atoms with Gasteiger partial charge in [0.2, 0.25) is 10.0 Å². The first kappa shape index (κ1) is 26.4. The van der Waals surface area contributed by atoms with E-state index in [1.807, 2.05) is 24.3 Å². The summed E-state index contributed by atoms with van der Waals surface area (Å²) in [6.07, 6.45) is -0.687. The fraction of sp³-hybridized carbons (Fsp3) is 0.160. The number of alkyl carbamates (subject to hydrolysis) is 1. The van der Waals surface area contributed by atoms with E-state index in [-0.39, 0.29) is 23.6 Å². The van der Waals surface area contributed by atoms with Crippen molar-refractivity contribution in [3.63, 3.8) is 0 Å². The molecule has 11 heteroatoms. The quantitative estimate of drug-likeness (QED) is 0.353. The fourth-order valence-electron chi connectivity index (χ4n) is 3.11. The first-order valence-corrected chi connectivity index (χ1v) is 12.4. The lowest BCUT2D eigenvalue weighted by molar-refractivity contribution is -0.149. The molecule has 3 aromatic carbocycles. The maximum absolute atomic E-state index is 12.7. The van der Waals surface area contributed by atoms with Gasteiger partial charge in [-0.3, -0.25) is 4.79 Å². The molecule has 3 rings (SSSR count). The Morgan fingerprint density at radius 1 is 0.806 bits per heavy atom. The molecule has 1 atom stereocenters. The molecule has 0 aromatic heterocycles. The molecule has 0 aliphatic rings. The number of carbonyl (C=O) groups excluding carboxylic acids is 3. The molecule has 0 fully saturated rings. The van der Waals surface area contributed by atoms with E-state index in [2.05, 4.69) is 10.6 Å². The number of anilines is 1. The van der Waals surface area contributed by atoms with Crippen molar-refractivity contribution in [1.82, 2.24) is 5.32 Å². The zero-order valence-corrected chi connectivity index (χ0v) is 19.9. The van der Waals surface area contributed by atoms with Gasteiger partial charge in [0, 0.05) is 12.1 Å². The van der Waals surface area contributed by atoms with E-state index >= 15 is 0 Å². The molecule has 1 unspecified atom stereocenters. The molecule has 2 amide bonds. The van der Waals surface area contributed by atoms with Crippen LogP contribution in [-0.4, -0.2) is 39.0 Å². The Hall–Kier alpha value is -4.22. The summed E-state index contributed by atoms with van der Waals surface area (Å²) in [7, 11) is -3.86. The van der Waals surface area contributed by atoms with Crippen molar-refractivity contribution in [2.45, 2.75) is 24.0 Å². The van der Waals surface area contributed by atoms with Crippen molar-refractivity contribution in [2.75, 3.05) is 11.9 Å². The number of benzene rings is 3. The van der Waals surface area contributed by atoms with Gasteiger partial charge in [-0.2, -0.15) is 0 Å². The van der Waals surface area contributed by atoms with Crippen LogP contribution in [0.2, 0.25) is 0 Å². The molecule has 0 aliphatic heterocycles. The summed E-state index contributed by atoms with van der Waals surface area (Å²) in [4.78, 5) is 37.2. The lowest BCUT2D eigenvalue weighted by Crippen LogP contribution is -2.44. The maximum Gasteiger partial charge on any atom is 0.408 e. The Labute approximate surface area is 208 Å². The molecule has 10 nitrogen and oxygen atoms in total. The second-order valence-corrected chi connectivity index (χ2v) is 9.24. The SMILES string of the molecule is NS(=O)(=O)c1ccc(NC(=O)COC(=O)C(Cc2ccccc2)NC(=O)OCc2ccccc2)cc1. The maximum atomic E-state index is 12.7. The average molecular weight is 512 g/mol. The normalized spacial score (nSPS) is 11.7. The molecule has 0 saturated carbocycles. The molecule has 3 aromatic rings. The standard InChI is InChI=1S/C25H25N3O7S/c26-36(32,33)21-13-11-20(12-14-21)27-23(29)17-34-24(30)22(15-18-7-3-1-4-8-18)28-25(31)35-16-19-9-5-2-6-10-19/h1-14,22H,15-17H2,(H,27,29)(H,28,31)(H2,26,32,33). The molecule has 188 valence electrons. The molecule has 0 radical (unpaired) electrons. The third-order valence-corrected chi connectivity index (χ3v) is 5.81. The van der Waals surface area contributed by atoms with Crippen LogP contribution in [0.15, 0.2) is 89.8 Å². The van der Waals surface area contributed by atoms with E-state index in [4.69, 9.17) is 14.6 Å². The number of esters is 1. The van der Waals surface area contributed by atoms with E-state index in [0.717, 1.165) is 11.1 Å². The summed E-state index contributed by atoms with van der Waals surface area (Å²) >= 11 is 0. The summed E-state index contributed by atoms with van der Waals surface area (Å²) in [5, 5.41) is 10.0. The molecule has 0 bridgehead atoms. The van der Waals surface area contributed by atoms with Crippen LogP contribution < -0.4 is 15.8 Å². The van der Waals surface area contributed by atoms with Crippen LogP contribution in [0.4, 0.5) is 10.5 Å². The Kier molecular flexibility index (Phi) is 9.14. The number of amides is 2. The smallest absolute Gasteiger partial charge is 0.408 e. The lowest BCUT2D eigenvalue weighted by Gasteiger charge is -2.18. The van der Waals surface area contributed by atoms with Gasteiger partial charge in [0.25, 0.3) is 5.91 Å². The van der Waals surface area contributed by atoms with Crippen molar-refractivity contribution < 1.29 is 32.3 Å². The monoisotopic (exact) mass is 511 g/mol. The Bertz CT molecular complexity index is 1280. The minimum absolute atomic E-state index is 0.0203. The predicted molar refractivity (Wildman–Crippen MR) is 131 cm³/mol. The van der Waals surface area contributed by atoms with Gasteiger partial charge in [0.05, 0.1) is 4.90 Å². The van der Waals surface area contributed by atoms with Gasteiger partial charge in [-0.25, -0.2) is 23.1 Å². The number of primary sulfonamides is 1. The minimum atomic E-state index is -3.86. The highest BCUT2D eigenvalue weighted by Gasteiger charge is 2.24. The average Bonchev–Trinajstić information content (AvgIpc) is 2.87. The van der Waals surface area contributed by atoms with Gasteiger partial charge in [0.15, 0.2) is 6.61 Å². The Balaban J connectivity index is 1.57. The van der Waals surface area contributed by atoms with Crippen LogP contribution in [0.1, 0.15) is 11.1 Å². The number of nitrogens with two attached hydrogens (primary N) is 1. The first-order valence-electron chi connectivity index (χ1n) is 10.8. The highest BCUT2D eigenvalue weighted by atomic mass is 32.2. The summed E-state index contributed by atoms with van der Waals surface area (Å²) < 4.78 is 33.0. The summed E-state index contributed by atoms with van der Waals surface area (Å²) in [6.45, 7) is -0.603. The van der Waals surface area contributed by atoms with Crippen LogP contribution in [0.25, 0.3) is 0 Å². The molecule has 4 N–H and O–H groups in total. The molecular formula is C25H25N3O7S. The van der Waals surface area contributed by atoms with Gasteiger partial charge in [-0.1, -0.05) is 60.7 Å². The van der Waals surface area contributed by atoms with Crippen molar-refractivity contribution in [3.8, 4) is 0 Å². The summed E-state index contributed by atoms with van der Waals surface area (Å²) in [6, 6.07) is 22.1. The number of carbonyl (C=O) groups is 3. The largest absolute Gasteiger partial charge is 0.454 e. The van der Waals surface area contributed by atoms with Crippen molar-refractivity contribution in [2.24, 2.45) is 5.14 Å². The third-order valence-electron chi connectivity index (χ3n) is 4.88. The minimum Gasteiger partial charge on any atom is -0.454 e. The van der Waals surface area contributed by atoms with Gasteiger partial charge in [-0.15, -0.1) is 0 Å². The van der Waals surface area contributed by atoms with Crippen molar-refractivity contribution in [1.29, 1.82) is 0 Å². The van der Waals surface area contributed by atoms with Crippen LogP contribution >= 0.6 is 0 Å². The van der Waals surface area contributed by atoms with Crippen LogP contribution in [-0.2, 0) is 42.1 Å². The number of sulfonamides is 1. The second-order valence-electron chi connectivity index (χ2n) is 7.67. The van der Waals surface area contributed by atoms with E-state index in [0.29, 0.717) is 0 Å². The number of nitrogens with one attached hydrogen (secondary N) is 2. The molecule has 0 saturated heterocycles. The topological polar surface area (TPSA) is 154 Å². The van der Waals surface area contributed by atoms with E-state index in [9.17, 15) is 22.8 Å². The van der Waals surface area contributed by atoms with Gasteiger partial charge < -0.3 is 20.1 Å². The van der Waals surface area contributed by atoms with Crippen LogP contribution in [0.3, 0.4) is 0 Å². The lowest BCUT2D eigenvalue weighted by atomic mass is 10.1. The highest BCUT2D eigenvalue weighted by molar-refractivity contribution is 7.89. The summed E-state index contributed by atoms with van der Waals surface area (Å²) in [5.41, 5.74) is 1.83. The zero-order chi connectivity index (χ0) is 26.0. The number of hydrogen-bond donors (Lipinski definition) is 3. The molecule has 36 heavy (non-hydrogen) atoms. The van der Waals surface area contributed by atoms with E-state index in [1.54, 1.807) is 36.4 Å². The zero-order valence-electron chi connectivity index (χ0n) is 19.1. The van der Waals surface area contributed by atoms with Crippen LogP contribution in [0.5, 0.6) is 0 Å². The van der Waals surface area contributed by atoms with Gasteiger partial charge in [-0.05, 0) is 35.4 Å². The third kappa shape index (κ3) is 8.53.